The molecule has 1 rings (SSSR count). The van der Waals surface area contributed by atoms with Crippen LogP contribution in [-0.2, 0) is 5.11 Å². The summed E-state index contributed by atoms with van der Waals surface area (Å²) in [5.74, 6) is -1.13. The Morgan fingerprint density at radius 1 is 1.38 bits per heavy atom. The Bertz CT molecular complexity index is 265. The van der Waals surface area contributed by atoms with E-state index in [2.05, 4.69) is 13.5 Å². The van der Waals surface area contributed by atoms with Crippen molar-refractivity contribution in [3.63, 3.8) is 0 Å². The van der Waals surface area contributed by atoms with Gasteiger partial charge in [-0.15, -0.1) is 6.58 Å². The maximum absolute atomic E-state index is 11.5. The molecular formula is C11H12O2. The highest BCUT2D eigenvalue weighted by Crippen LogP contribution is 2.18. The molecule has 2 nitrogen and oxygen atoms in total. The van der Waals surface area contributed by atoms with Crippen LogP contribution in [0, 0.1) is 6.92 Å². The Morgan fingerprint density at radius 2 is 2.00 bits per heavy atom. The van der Waals surface area contributed by atoms with Crippen LogP contribution in [0.2, 0.25) is 0 Å². The van der Waals surface area contributed by atoms with Gasteiger partial charge in [0.1, 0.15) is 5.75 Å². The number of ether oxygens (including phenoxy) is 1. The van der Waals surface area contributed by atoms with Gasteiger partial charge in [-0.25, -0.2) is 0 Å². The first-order valence-electron chi connectivity index (χ1n) is 4.05. The summed E-state index contributed by atoms with van der Waals surface area (Å²) < 4.78 is 5.10. The highest BCUT2D eigenvalue weighted by molar-refractivity contribution is 5.21. The molecule has 0 spiro atoms. The average Bonchev–Trinajstić information content (AvgIpc) is 2.04. The van der Waals surface area contributed by atoms with Crippen molar-refractivity contribution in [2.45, 2.75) is 12.2 Å². The molecule has 0 saturated carbocycles. The van der Waals surface area contributed by atoms with Gasteiger partial charge in [-0.1, -0.05) is 24.3 Å². The minimum atomic E-state index is -1.66. The van der Waals surface area contributed by atoms with E-state index in [0.717, 1.165) is 0 Å². The van der Waals surface area contributed by atoms with Gasteiger partial charge < -0.3 is 4.74 Å². The van der Waals surface area contributed by atoms with E-state index < -0.39 is 5.79 Å². The quantitative estimate of drug-likeness (QED) is 0.512. The predicted octanol–water partition coefficient (Wildman–Crippen LogP) is 2.60. The van der Waals surface area contributed by atoms with Crippen molar-refractivity contribution in [2.24, 2.45) is 0 Å². The van der Waals surface area contributed by atoms with Crippen LogP contribution < -0.4 is 4.74 Å². The molecule has 2 heteroatoms. The molecule has 1 aromatic carbocycles. The van der Waals surface area contributed by atoms with Crippen molar-refractivity contribution in [3.05, 3.63) is 49.9 Å². The van der Waals surface area contributed by atoms with Crippen LogP contribution in [0.1, 0.15) is 6.42 Å². The lowest BCUT2D eigenvalue weighted by Gasteiger charge is -2.20. The normalized spacial score (nSPS) is 14.6. The van der Waals surface area contributed by atoms with Crippen molar-refractivity contribution in [3.8, 4) is 5.75 Å². The predicted molar refractivity (Wildman–Crippen MR) is 50.7 cm³/mol. The van der Waals surface area contributed by atoms with Crippen molar-refractivity contribution in [1.82, 2.24) is 0 Å². The third kappa shape index (κ3) is 3.30. The molecule has 0 bridgehead atoms. The van der Waals surface area contributed by atoms with Gasteiger partial charge in [0.2, 0.25) is 5.79 Å². The van der Waals surface area contributed by atoms with Gasteiger partial charge in [0.05, 0.1) is 0 Å². The van der Waals surface area contributed by atoms with Gasteiger partial charge in [-0.3, -0.25) is 0 Å². The fourth-order valence-corrected chi connectivity index (χ4v) is 0.965. The van der Waals surface area contributed by atoms with E-state index in [-0.39, 0.29) is 6.42 Å². The van der Waals surface area contributed by atoms with Crippen molar-refractivity contribution >= 4 is 0 Å². The van der Waals surface area contributed by atoms with Gasteiger partial charge in [-0.2, -0.15) is 5.11 Å². The Morgan fingerprint density at radius 3 is 2.54 bits per heavy atom. The first-order valence-corrected chi connectivity index (χ1v) is 4.05. The summed E-state index contributed by atoms with van der Waals surface area (Å²) in [5.41, 5.74) is 0. The lowest BCUT2D eigenvalue weighted by molar-refractivity contribution is -0.143. The summed E-state index contributed by atoms with van der Waals surface area (Å²) >= 11 is 0. The molecule has 0 aliphatic rings. The lowest BCUT2D eigenvalue weighted by Crippen LogP contribution is -2.29. The fourth-order valence-electron chi connectivity index (χ4n) is 0.965. The van der Waals surface area contributed by atoms with Crippen molar-refractivity contribution in [2.75, 3.05) is 0 Å². The zero-order valence-electron chi connectivity index (χ0n) is 7.40. The summed E-state index contributed by atoms with van der Waals surface area (Å²) in [7, 11) is 0. The number of benzene rings is 1. The first-order chi connectivity index (χ1) is 6.14. The van der Waals surface area contributed by atoms with Gasteiger partial charge in [0.15, 0.2) is 0 Å². The Hall–Kier alpha value is -1.28. The number of hydrogen-bond donors (Lipinski definition) is 0. The first kappa shape index (κ1) is 9.81. The smallest absolute Gasteiger partial charge is 0.244 e. The third-order valence-electron chi connectivity index (χ3n) is 1.50. The molecule has 1 aromatic rings. The Labute approximate surface area is 78.5 Å². The van der Waals surface area contributed by atoms with Gasteiger partial charge in [-0.05, 0) is 12.1 Å². The molecule has 68 valence electrons. The molecule has 2 radical (unpaired) electrons. The van der Waals surface area contributed by atoms with Gasteiger partial charge in [0.25, 0.3) is 0 Å². The van der Waals surface area contributed by atoms with Crippen LogP contribution in [-0.4, -0.2) is 5.79 Å². The SMILES string of the molecule is [CH2]C([O])(CC=C)Oc1ccccc1. The van der Waals surface area contributed by atoms with Crippen LogP contribution in [0.25, 0.3) is 0 Å². The maximum atomic E-state index is 11.5. The fraction of sp³-hybridized carbons (Fsp3) is 0.182. The van der Waals surface area contributed by atoms with Gasteiger partial charge in [0, 0.05) is 13.3 Å². The molecule has 1 unspecified atom stereocenters. The summed E-state index contributed by atoms with van der Waals surface area (Å²) in [6, 6.07) is 8.91. The number of rotatable bonds is 4. The summed E-state index contributed by atoms with van der Waals surface area (Å²) in [5, 5.41) is 11.5. The highest BCUT2D eigenvalue weighted by Gasteiger charge is 2.22. The molecule has 13 heavy (non-hydrogen) atoms. The van der Waals surface area contributed by atoms with Crippen LogP contribution in [0.3, 0.4) is 0 Å². The molecule has 0 N–H and O–H groups in total. The standard InChI is InChI=1S/C11H12O2/c1-3-9-11(2,12)13-10-7-5-4-6-8-10/h3-8H,1-2,9H2. The molecule has 0 aliphatic carbocycles. The molecule has 1 atom stereocenters. The van der Waals surface area contributed by atoms with Crippen LogP contribution in [0.5, 0.6) is 5.75 Å². The van der Waals surface area contributed by atoms with E-state index in [1.54, 1.807) is 24.3 Å². The second kappa shape index (κ2) is 4.10. The second-order valence-electron chi connectivity index (χ2n) is 2.82. The maximum Gasteiger partial charge on any atom is 0.244 e. The van der Waals surface area contributed by atoms with Crippen LogP contribution in [0.15, 0.2) is 43.0 Å². The van der Waals surface area contributed by atoms with Crippen LogP contribution >= 0.6 is 0 Å². The lowest BCUT2D eigenvalue weighted by atomic mass is 10.2. The molecule has 0 aliphatic heterocycles. The average molecular weight is 176 g/mol. The molecule has 0 saturated heterocycles. The minimum absolute atomic E-state index is 0.182. The minimum Gasteiger partial charge on any atom is -0.459 e. The molecular weight excluding hydrogens is 164 g/mol. The number of hydrogen-bond acceptors (Lipinski definition) is 1. The zero-order valence-corrected chi connectivity index (χ0v) is 7.40. The van der Waals surface area contributed by atoms with E-state index in [1.807, 2.05) is 6.07 Å². The Balaban J connectivity index is 2.63. The van der Waals surface area contributed by atoms with Crippen molar-refractivity contribution < 1.29 is 9.84 Å². The van der Waals surface area contributed by atoms with E-state index >= 15 is 0 Å². The Kier molecular flexibility index (Phi) is 3.09. The number of para-hydroxylation sites is 1. The highest BCUT2D eigenvalue weighted by atomic mass is 16.6. The monoisotopic (exact) mass is 176 g/mol. The summed E-state index contributed by atoms with van der Waals surface area (Å²) in [6.45, 7) is 6.87. The zero-order chi connectivity index (χ0) is 9.73. The van der Waals surface area contributed by atoms with E-state index in [9.17, 15) is 5.11 Å². The second-order valence-corrected chi connectivity index (χ2v) is 2.82. The molecule has 0 amide bonds. The molecule has 0 fully saturated rings. The molecule has 0 aromatic heterocycles. The summed E-state index contributed by atoms with van der Waals surface area (Å²) in [6.07, 6.45) is 1.69. The van der Waals surface area contributed by atoms with Crippen LogP contribution in [0.4, 0.5) is 0 Å². The van der Waals surface area contributed by atoms with E-state index in [4.69, 9.17) is 4.74 Å². The molecule has 0 heterocycles. The van der Waals surface area contributed by atoms with E-state index in [0.29, 0.717) is 5.75 Å². The van der Waals surface area contributed by atoms with Gasteiger partial charge >= 0.3 is 0 Å². The topological polar surface area (TPSA) is 29.1 Å². The largest absolute Gasteiger partial charge is 0.459 e. The van der Waals surface area contributed by atoms with Crippen molar-refractivity contribution in [1.29, 1.82) is 0 Å². The summed E-state index contributed by atoms with van der Waals surface area (Å²) in [4.78, 5) is 0. The third-order valence-corrected chi connectivity index (χ3v) is 1.50. The van der Waals surface area contributed by atoms with E-state index in [1.165, 1.54) is 6.08 Å².